The maximum atomic E-state index is 12.7. The lowest BCUT2D eigenvalue weighted by molar-refractivity contribution is -0.137. The van der Waals surface area contributed by atoms with E-state index in [0.717, 1.165) is 16.7 Å². The third kappa shape index (κ3) is 5.30. The van der Waals surface area contributed by atoms with Crippen molar-refractivity contribution in [1.29, 1.82) is 5.26 Å². The molecule has 2 aromatic carbocycles. The molecule has 1 saturated heterocycles. The zero-order valence-corrected chi connectivity index (χ0v) is 20.1. The van der Waals surface area contributed by atoms with E-state index >= 15 is 0 Å². The summed E-state index contributed by atoms with van der Waals surface area (Å²) < 4.78 is 12.3. The van der Waals surface area contributed by atoms with Crippen molar-refractivity contribution in [3.05, 3.63) is 58.6 Å². The van der Waals surface area contributed by atoms with Gasteiger partial charge in [-0.2, -0.15) is 5.26 Å². The first-order chi connectivity index (χ1) is 16.7. The summed E-state index contributed by atoms with van der Waals surface area (Å²) in [5, 5.41) is 26.1. The number of nitrogens with one attached hydrogen (secondary N) is 2. The first-order valence-electron chi connectivity index (χ1n) is 11.6. The van der Waals surface area contributed by atoms with E-state index in [1.165, 1.54) is 4.57 Å². The molecule has 2 heterocycles. The molecule has 9 nitrogen and oxygen atoms in total. The van der Waals surface area contributed by atoms with Gasteiger partial charge < -0.3 is 24.9 Å². The second-order valence-electron chi connectivity index (χ2n) is 9.39. The Bertz CT molecular complexity index is 1300. The fourth-order valence-corrected chi connectivity index (χ4v) is 4.08. The normalized spacial score (nSPS) is 21.4. The quantitative estimate of drug-likeness (QED) is 0.492. The molecular weight excluding hydrogens is 448 g/mol. The number of oxazole rings is 1. The van der Waals surface area contributed by atoms with Crippen molar-refractivity contribution < 1.29 is 19.1 Å². The molecule has 1 fully saturated rings. The van der Waals surface area contributed by atoms with Gasteiger partial charge in [-0.1, -0.05) is 44.2 Å². The molecule has 0 radical (unpaired) electrons. The number of aliphatic hydroxyl groups is 1. The number of aromatic nitrogens is 1. The van der Waals surface area contributed by atoms with Crippen LogP contribution in [0.25, 0.3) is 22.2 Å². The lowest BCUT2D eigenvalue weighted by Crippen LogP contribution is -2.46. The summed E-state index contributed by atoms with van der Waals surface area (Å²) in [5.74, 6) is -0.814. The Hall–Kier alpha value is -3.45. The standard InChI is InChI=1S/C26H30N4O5/c1-16(2)26(33)14-28-13-23(34-15-26)24(31)29-20(12-27)10-17-4-6-18(7-5-17)19-8-9-22-21(11-19)30(3)25(32)35-22/h4-9,11,16,20,23,28,33H,10,13-15H2,1-3H3,(H,29,31)/t20-,23-,26-/m0/s1. The average Bonchev–Trinajstić information content (AvgIpc) is 2.99. The van der Waals surface area contributed by atoms with Crippen LogP contribution in [0.4, 0.5) is 0 Å². The number of hydrogen-bond acceptors (Lipinski definition) is 7. The van der Waals surface area contributed by atoms with Crippen LogP contribution in [-0.2, 0) is 23.0 Å². The molecule has 0 aliphatic carbocycles. The van der Waals surface area contributed by atoms with E-state index in [0.29, 0.717) is 24.1 Å². The molecular formula is C26H30N4O5. The van der Waals surface area contributed by atoms with Gasteiger partial charge >= 0.3 is 5.76 Å². The van der Waals surface area contributed by atoms with E-state index in [2.05, 4.69) is 16.7 Å². The monoisotopic (exact) mass is 478 g/mol. The van der Waals surface area contributed by atoms with Crippen molar-refractivity contribution in [3.63, 3.8) is 0 Å². The number of benzene rings is 2. The summed E-state index contributed by atoms with van der Waals surface area (Å²) in [5.41, 5.74) is 2.99. The zero-order chi connectivity index (χ0) is 25.2. The van der Waals surface area contributed by atoms with Crippen LogP contribution in [0.5, 0.6) is 0 Å². The Balaban J connectivity index is 1.39. The van der Waals surface area contributed by atoms with Gasteiger partial charge in [0.25, 0.3) is 5.91 Å². The average molecular weight is 479 g/mol. The summed E-state index contributed by atoms with van der Waals surface area (Å²) in [6.07, 6.45) is -0.441. The lowest BCUT2D eigenvalue weighted by atomic mass is 9.91. The van der Waals surface area contributed by atoms with E-state index in [-0.39, 0.29) is 25.0 Å². The number of hydrogen-bond donors (Lipinski definition) is 3. The molecule has 9 heteroatoms. The Morgan fingerprint density at radius 1 is 1.29 bits per heavy atom. The molecule has 1 aliphatic rings. The van der Waals surface area contributed by atoms with E-state index in [1.54, 1.807) is 13.1 Å². The predicted octanol–water partition coefficient (Wildman–Crippen LogP) is 1.72. The minimum atomic E-state index is -1.04. The maximum absolute atomic E-state index is 12.7. The van der Waals surface area contributed by atoms with Gasteiger partial charge in [-0.15, -0.1) is 0 Å². The van der Waals surface area contributed by atoms with Gasteiger partial charge in [-0.05, 0) is 34.7 Å². The van der Waals surface area contributed by atoms with Crippen LogP contribution in [0.3, 0.4) is 0 Å². The SMILES string of the molecule is CC(C)[C@]1(O)CNC[C@@H](C(=O)N[C@H](C#N)Cc2ccc(-c3ccc4oc(=O)n(C)c4c3)cc2)OC1. The Morgan fingerprint density at radius 2 is 2.00 bits per heavy atom. The fourth-order valence-electron chi connectivity index (χ4n) is 4.08. The van der Waals surface area contributed by atoms with E-state index in [4.69, 9.17) is 9.15 Å². The topological polar surface area (TPSA) is 130 Å². The van der Waals surface area contributed by atoms with Gasteiger partial charge in [0.2, 0.25) is 0 Å². The van der Waals surface area contributed by atoms with Gasteiger partial charge in [-0.3, -0.25) is 9.36 Å². The highest BCUT2D eigenvalue weighted by molar-refractivity contribution is 5.82. The van der Waals surface area contributed by atoms with Gasteiger partial charge in [0.15, 0.2) is 5.58 Å². The van der Waals surface area contributed by atoms with Crippen LogP contribution >= 0.6 is 0 Å². The van der Waals surface area contributed by atoms with E-state index in [9.17, 15) is 20.0 Å². The first-order valence-corrected chi connectivity index (χ1v) is 11.6. The Kier molecular flexibility index (Phi) is 7.08. The molecule has 0 spiro atoms. The number of nitrogens with zero attached hydrogens (tertiary/aromatic N) is 2. The minimum Gasteiger partial charge on any atom is -0.408 e. The third-order valence-corrected chi connectivity index (χ3v) is 6.65. The van der Waals surface area contributed by atoms with E-state index < -0.39 is 23.5 Å². The number of ether oxygens (including phenoxy) is 1. The number of β-amino-alcohol motifs (C(OH)–C–C–N with tert-alkyl or cyclic N) is 1. The molecule has 0 saturated carbocycles. The highest BCUT2D eigenvalue weighted by atomic mass is 16.5. The molecule has 0 unspecified atom stereocenters. The van der Waals surface area contributed by atoms with Crippen molar-refractivity contribution >= 4 is 17.0 Å². The smallest absolute Gasteiger partial charge is 0.408 e. The van der Waals surface area contributed by atoms with Crippen LogP contribution < -0.4 is 16.4 Å². The largest absolute Gasteiger partial charge is 0.419 e. The Morgan fingerprint density at radius 3 is 2.69 bits per heavy atom. The molecule has 1 aliphatic heterocycles. The first kappa shape index (κ1) is 24.7. The molecule has 184 valence electrons. The van der Waals surface area contributed by atoms with Crippen molar-refractivity contribution in [2.45, 2.75) is 38.0 Å². The Labute approximate surface area is 203 Å². The molecule has 3 aromatic rings. The lowest BCUT2D eigenvalue weighted by Gasteiger charge is -2.30. The molecule has 1 aromatic heterocycles. The number of carbonyl (C=O) groups excluding carboxylic acids is 1. The van der Waals surface area contributed by atoms with Gasteiger partial charge in [0.05, 0.1) is 18.2 Å². The van der Waals surface area contributed by atoms with Gasteiger partial charge in [0, 0.05) is 26.6 Å². The van der Waals surface area contributed by atoms with Crippen LogP contribution in [0.15, 0.2) is 51.7 Å². The van der Waals surface area contributed by atoms with Crippen LogP contribution in [0.2, 0.25) is 0 Å². The number of carbonyl (C=O) groups is 1. The number of rotatable bonds is 6. The maximum Gasteiger partial charge on any atom is 0.419 e. The summed E-state index contributed by atoms with van der Waals surface area (Å²) in [4.78, 5) is 24.5. The highest BCUT2D eigenvalue weighted by Gasteiger charge is 2.36. The molecule has 3 atom stereocenters. The number of fused-ring (bicyclic) bond motifs is 1. The second-order valence-corrected chi connectivity index (χ2v) is 9.39. The van der Waals surface area contributed by atoms with Crippen LogP contribution in [0, 0.1) is 17.2 Å². The molecule has 3 N–H and O–H groups in total. The highest BCUT2D eigenvalue weighted by Crippen LogP contribution is 2.25. The van der Waals surface area contributed by atoms with Gasteiger partial charge in [-0.25, -0.2) is 4.79 Å². The third-order valence-electron chi connectivity index (χ3n) is 6.65. The molecule has 35 heavy (non-hydrogen) atoms. The minimum absolute atomic E-state index is 0.0276. The molecule has 0 bridgehead atoms. The van der Waals surface area contributed by atoms with Crippen molar-refractivity contribution in [3.8, 4) is 17.2 Å². The van der Waals surface area contributed by atoms with Crippen molar-refractivity contribution in [2.75, 3.05) is 19.7 Å². The van der Waals surface area contributed by atoms with Crippen molar-refractivity contribution in [2.24, 2.45) is 13.0 Å². The van der Waals surface area contributed by atoms with E-state index in [1.807, 2.05) is 50.2 Å². The summed E-state index contributed by atoms with van der Waals surface area (Å²) in [7, 11) is 1.66. The molecule has 1 amide bonds. The number of aryl methyl sites for hydroxylation is 1. The summed E-state index contributed by atoms with van der Waals surface area (Å²) in [6.45, 7) is 4.46. The summed E-state index contributed by atoms with van der Waals surface area (Å²) >= 11 is 0. The zero-order valence-electron chi connectivity index (χ0n) is 20.1. The van der Waals surface area contributed by atoms with Gasteiger partial charge in [0.1, 0.15) is 17.7 Å². The number of nitriles is 1. The second kappa shape index (κ2) is 10.0. The molecule has 4 rings (SSSR count). The fraction of sp³-hybridized carbons (Fsp3) is 0.423. The number of amides is 1. The summed E-state index contributed by atoms with van der Waals surface area (Å²) in [6, 6.07) is 14.7. The predicted molar refractivity (Wildman–Crippen MR) is 131 cm³/mol. The van der Waals surface area contributed by atoms with Crippen molar-refractivity contribution in [1.82, 2.24) is 15.2 Å². The van der Waals surface area contributed by atoms with Crippen LogP contribution in [-0.4, -0.2) is 53.0 Å². The van der Waals surface area contributed by atoms with Crippen LogP contribution in [0.1, 0.15) is 19.4 Å².